The van der Waals surface area contributed by atoms with Crippen molar-refractivity contribution in [1.82, 2.24) is 4.57 Å². The zero-order valence-corrected chi connectivity index (χ0v) is 22.6. The maximum Gasteiger partial charge on any atom is 0.338 e. The number of hydrogen-bond donors (Lipinski definition) is 0. The number of nitrogens with zero attached hydrogens (tertiary/aromatic N) is 2. The lowest BCUT2D eigenvalue weighted by atomic mass is 9.96. The quantitative estimate of drug-likeness (QED) is 0.410. The molecule has 2 heterocycles. The second-order valence-corrected chi connectivity index (χ2v) is 9.88. The van der Waals surface area contributed by atoms with Gasteiger partial charge in [0.25, 0.3) is 5.56 Å². The van der Waals surface area contributed by atoms with Gasteiger partial charge in [-0.1, -0.05) is 35.1 Å². The van der Waals surface area contributed by atoms with E-state index in [1.54, 1.807) is 64.5 Å². The molecule has 3 aromatic rings. The third-order valence-electron chi connectivity index (χ3n) is 5.49. The molecule has 1 aromatic heterocycles. The van der Waals surface area contributed by atoms with Crippen LogP contribution in [0.1, 0.15) is 31.0 Å². The van der Waals surface area contributed by atoms with Crippen molar-refractivity contribution in [3.63, 3.8) is 0 Å². The van der Waals surface area contributed by atoms with Gasteiger partial charge in [0.15, 0.2) is 4.80 Å². The molecule has 0 saturated heterocycles. The normalized spacial score (nSPS) is 15.5. The number of rotatable bonds is 6. The minimum Gasteiger partial charge on any atom is -0.496 e. The van der Waals surface area contributed by atoms with Crippen LogP contribution in [0.15, 0.2) is 61.9 Å². The molecule has 2 aromatic carbocycles. The molecule has 0 bridgehead atoms. The number of hydrogen-bond acceptors (Lipinski definition) is 7. The van der Waals surface area contributed by atoms with Gasteiger partial charge in [0.1, 0.15) is 11.5 Å². The fourth-order valence-corrected chi connectivity index (χ4v) is 5.58. The van der Waals surface area contributed by atoms with E-state index >= 15 is 0 Å². The largest absolute Gasteiger partial charge is 0.496 e. The summed E-state index contributed by atoms with van der Waals surface area (Å²) >= 11 is 10.8. The highest BCUT2D eigenvalue weighted by Gasteiger charge is 2.33. The summed E-state index contributed by atoms with van der Waals surface area (Å²) in [4.78, 5) is 31.7. The van der Waals surface area contributed by atoms with Gasteiger partial charge in [0.05, 0.1) is 47.1 Å². The Morgan fingerprint density at radius 3 is 2.51 bits per heavy atom. The summed E-state index contributed by atoms with van der Waals surface area (Å²) < 4.78 is 18.9. The lowest BCUT2D eigenvalue weighted by molar-refractivity contribution is -0.139. The molecular formula is C25H22BrClN2O5S. The molecule has 0 radical (unpaired) electrons. The van der Waals surface area contributed by atoms with Crippen LogP contribution >= 0.6 is 38.9 Å². The van der Waals surface area contributed by atoms with Gasteiger partial charge < -0.3 is 14.2 Å². The zero-order chi connectivity index (χ0) is 25.3. The van der Waals surface area contributed by atoms with E-state index in [9.17, 15) is 9.59 Å². The number of carbonyl (C=O) groups is 1. The maximum atomic E-state index is 13.7. The van der Waals surface area contributed by atoms with Gasteiger partial charge in [0.2, 0.25) is 0 Å². The highest BCUT2D eigenvalue weighted by Crippen LogP contribution is 2.34. The Kier molecular flexibility index (Phi) is 7.49. The summed E-state index contributed by atoms with van der Waals surface area (Å²) in [6.07, 6.45) is 1.75. The lowest BCUT2D eigenvalue weighted by Crippen LogP contribution is -2.39. The number of fused-ring (bicyclic) bond motifs is 1. The maximum absolute atomic E-state index is 13.7. The van der Waals surface area contributed by atoms with Gasteiger partial charge in [-0.15, -0.1) is 0 Å². The van der Waals surface area contributed by atoms with E-state index in [-0.39, 0.29) is 12.2 Å². The van der Waals surface area contributed by atoms with Crippen molar-refractivity contribution in [1.29, 1.82) is 0 Å². The van der Waals surface area contributed by atoms with Crippen molar-refractivity contribution in [2.75, 3.05) is 20.8 Å². The van der Waals surface area contributed by atoms with E-state index in [0.29, 0.717) is 42.7 Å². The minimum absolute atomic E-state index is 0.208. The topological polar surface area (TPSA) is 79.1 Å². The zero-order valence-electron chi connectivity index (χ0n) is 19.4. The summed E-state index contributed by atoms with van der Waals surface area (Å²) in [5, 5.41) is 0.553. The summed E-state index contributed by atoms with van der Waals surface area (Å²) in [6, 6.07) is 9.91. The Hall–Kier alpha value is -2.88. The lowest BCUT2D eigenvalue weighted by Gasteiger charge is -2.24. The number of benzene rings is 2. The number of halogens is 2. The van der Waals surface area contributed by atoms with Crippen LogP contribution in [0.4, 0.5) is 0 Å². The monoisotopic (exact) mass is 576 g/mol. The standard InChI is InChI=1S/C25H22BrClN2O5S/c1-5-34-24(31)21-13(2)28-25-29(22(21)14-6-8-16(27)9-7-14)23(30)20(35-25)11-15-10-17(26)19(33-4)12-18(15)32-3/h6-12,22H,5H2,1-4H3/b20-11-/t22-/m0/s1. The first-order valence-corrected chi connectivity index (χ1v) is 12.6. The summed E-state index contributed by atoms with van der Waals surface area (Å²) in [6.45, 7) is 3.69. The summed E-state index contributed by atoms with van der Waals surface area (Å²) in [7, 11) is 3.12. The highest BCUT2D eigenvalue weighted by atomic mass is 79.9. The van der Waals surface area contributed by atoms with Gasteiger partial charge in [0, 0.05) is 16.7 Å². The van der Waals surface area contributed by atoms with E-state index in [1.165, 1.54) is 15.9 Å². The van der Waals surface area contributed by atoms with Crippen molar-refractivity contribution in [2.24, 2.45) is 4.99 Å². The van der Waals surface area contributed by atoms with Crippen LogP contribution < -0.4 is 24.4 Å². The second kappa shape index (κ2) is 10.4. The molecule has 0 amide bonds. The van der Waals surface area contributed by atoms with Crippen LogP contribution in [0.3, 0.4) is 0 Å². The van der Waals surface area contributed by atoms with Crippen molar-refractivity contribution in [2.45, 2.75) is 19.9 Å². The van der Waals surface area contributed by atoms with Crippen LogP contribution in [0.5, 0.6) is 11.5 Å². The van der Waals surface area contributed by atoms with E-state index < -0.39 is 12.0 Å². The van der Waals surface area contributed by atoms with Gasteiger partial charge in [-0.3, -0.25) is 9.36 Å². The SMILES string of the molecule is CCOC(=O)C1=C(C)N=c2s/c(=C\c3cc(Br)c(OC)cc3OC)c(=O)n2[C@H]1c1ccc(Cl)cc1. The van der Waals surface area contributed by atoms with E-state index in [1.807, 2.05) is 6.07 Å². The number of ether oxygens (including phenoxy) is 3. The Labute approximate surface area is 219 Å². The molecule has 0 spiro atoms. The highest BCUT2D eigenvalue weighted by molar-refractivity contribution is 9.10. The van der Waals surface area contributed by atoms with Gasteiger partial charge in [-0.05, 0) is 59.6 Å². The molecule has 35 heavy (non-hydrogen) atoms. The third kappa shape index (κ3) is 4.80. The Bertz CT molecular complexity index is 1510. The van der Waals surface area contributed by atoms with Crippen LogP contribution in [-0.4, -0.2) is 31.4 Å². The molecule has 7 nitrogen and oxygen atoms in total. The van der Waals surface area contributed by atoms with Crippen LogP contribution in [0.25, 0.3) is 6.08 Å². The average Bonchev–Trinajstić information content (AvgIpc) is 3.13. The Balaban J connectivity index is 1.96. The molecule has 4 rings (SSSR count). The first kappa shape index (κ1) is 25.2. The van der Waals surface area contributed by atoms with E-state index in [0.717, 1.165) is 10.0 Å². The Morgan fingerprint density at radius 2 is 1.89 bits per heavy atom. The number of thiazole rings is 1. The summed E-state index contributed by atoms with van der Waals surface area (Å²) in [5.74, 6) is 0.648. The van der Waals surface area contributed by atoms with Crippen LogP contribution in [0, 0.1) is 0 Å². The van der Waals surface area contributed by atoms with Gasteiger partial charge in [-0.2, -0.15) is 0 Å². The molecule has 0 saturated carbocycles. The first-order valence-electron chi connectivity index (χ1n) is 10.7. The van der Waals surface area contributed by atoms with E-state index in [4.69, 9.17) is 25.8 Å². The first-order chi connectivity index (χ1) is 16.8. The van der Waals surface area contributed by atoms with Crippen molar-refractivity contribution in [3.05, 3.63) is 88.0 Å². The molecular weight excluding hydrogens is 556 g/mol. The smallest absolute Gasteiger partial charge is 0.338 e. The number of aromatic nitrogens is 1. The van der Waals surface area contributed by atoms with Gasteiger partial charge >= 0.3 is 5.97 Å². The Morgan fingerprint density at radius 1 is 1.20 bits per heavy atom. The molecule has 182 valence electrons. The number of esters is 1. The van der Waals surface area contributed by atoms with Crippen LogP contribution in [0.2, 0.25) is 5.02 Å². The van der Waals surface area contributed by atoms with Crippen molar-refractivity contribution < 1.29 is 19.0 Å². The second-order valence-electron chi connectivity index (χ2n) is 7.58. The molecule has 10 heteroatoms. The molecule has 0 N–H and O–H groups in total. The molecule has 0 fully saturated rings. The molecule has 0 unspecified atom stereocenters. The van der Waals surface area contributed by atoms with Gasteiger partial charge in [-0.25, -0.2) is 9.79 Å². The predicted octanol–water partition coefficient (Wildman–Crippen LogP) is 4.23. The minimum atomic E-state index is -0.700. The third-order valence-corrected chi connectivity index (χ3v) is 7.35. The fraction of sp³-hybridized carbons (Fsp3) is 0.240. The average molecular weight is 578 g/mol. The van der Waals surface area contributed by atoms with Crippen molar-refractivity contribution >= 4 is 50.9 Å². The fourth-order valence-electron chi connectivity index (χ4n) is 3.89. The van der Waals surface area contributed by atoms with Crippen LogP contribution in [-0.2, 0) is 9.53 Å². The number of allylic oxidation sites excluding steroid dienone is 1. The molecule has 1 atom stereocenters. The molecule has 1 aliphatic rings. The summed E-state index contributed by atoms with van der Waals surface area (Å²) in [5.41, 5.74) is 1.95. The number of methoxy groups -OCH3 is 2. The molecule has 0 aliphatic carbocycles. The molecule has 1 aliphatic heterocycles. The van der Waals surface area contributed by atoms with E-state index in [2.05, 4.69) is 20.9 Å². The van der Waals surface area contributed by atoms with Crippen molar-refractivity contribution in [3.8, 4) is 11.5 Å². The predicted molar refractivity (Wildman–Crippen MR) is 139 cm³/mol. The number of carbonyl (C=O) groups excluding carboxylic acids is 1.